The molecule has 3 nitrogen and oxygen atoms in total. The lowest BCUT2D eigenvalue weighted by Crippen LogP contribution is -2.49. The first-order chi connectivity index (χ1) is 10.9. The Balaban J connectivity index is 1.86. The van der Waals surface area contributed by atoms with Crippen LogP contribution in [0.2, 0.25) is 0 Å². The van der Waals surface area contributed by atoms with E-state index < -0.39 is 12.2 Å². The van der Waals surface area contributed by atoms with E-state index in [9.17, 15) is 18.0 Å². The summed E-state index contributed by atoms with van der Waals surface area (Å²) in [6.45, 7) is 2.20. The first kappa shape index (κ1) is 17.8. The number of carbonyl (C=O) groups excluding carboxylic acids is 1. The highest BCUT2D eigenvalue weighted by molar-refractivity contribution is 5.77. The van der Waals surface area contributed by atoms with Crippen molar-refractivity contribution in [3.05, 3.63) is 35.4 Å². The first-order valence-corrected chi connectivity index (χ1v) is 8.11. The minimum absolute atomic E-state index is 0.0120. The Labute approximate surface area is 134 Å². The second-order valence-corrected chi connectivity index (χ2v) is 5.90. The quantitative estimate of drug-likeness (QED) is 0.775. The third-order valence-electron chi connectivity index (χ3n) is 4.28. The fourth-order valence-corrected chi connectivity index (χ4v) is 3.02. The van der Waals surface area contributed by atoms with Gasteiger partial charge in [-0.15, -0.1) is 0 Å². The molecule has 1 atom stereocenters. The van der Waals surface area contributed by atoms with Crippen molar-refractivity contribution in [2.24, 2.45) is 0 Å². The summed E-state index contributed by atoms with van der Waals surface area (Å²) in [6.07, 6.45) is -1.25. The molecule has 1 aromatic rings. The van der Waals surface area contributed by atoms with E-state index >= 15 is 0 Å². The van der Waals surface area contributed by atoms with Crippen LogP contribution in [0.5, 0.6) is 0 Å². The van der Waals surface area contributed by atoms with Crippen LogP contribution < -0.4 is 5.43 Å². The van der Waals surface area contributed by atoms with Gasteiger partial charge >= 0.3 is 6.18 Å². The van der Waals surface area contributed by atoms with Crippen molar-refractivity contribution < 1.29 is 18.0 Å². The monoisotopic (exact) mass is 328 g/mol. The molecule has 6 heteroatoms. The number of hydrazine groups is 1. The lowest BCUT2D eigenvalue weighted by atomic mass is 9.98. The summed E-state index contributed by atoms with van der Waals surface area (Å²) in [5.41, 5.74) is 4.78. The average molecular weight is 328 g/mol. The number of amides is 1. The molecule has 0 aliphatic carbocycles. The summed E-state index contributed by atoms with van der Waals surface area (Å²) >= 11 is 0. The molecule has 1 aromatic carbocycles. The topological polar surface area (TPSA) is 32.3 Å². The highest BCUT2D eigenvalue weighted by Crippen LogP contribution is 2.29. The minimum atomic E-state index is -4.32. The highest BCUT2D eigenvalue weighted by atomic mass is 19.4. The van der Waals surface area contributed by atoms with Gasteiger partial charge in [-0.3, -0.25) is 10.2 Å². The van der Waals surface area contributed by atoms with E-state index in [-0.39, 0.29) is 25.3 Å². The van der Waals surface area contributed by atoms with Gasteiger partial charge in [-0.2, -0.15) is 13.2 Å². The number of alkyl halides is 3. The van der Waals surface area contributed by atoms with E-state index in [1.807, 2.05) is 18.2 Å². The predicted molar refractivity (Wildman–Crippen MR) is 82.7 cm³/mol. The second-order valence-electron chi connectivity index (χ2n) is 5.90. The number of hydrogen-bond acceptors (Lipinski definition) is 2. The summed E-state index contributed by atoms with van der Waals surface area (Å²) in [5.74, 6) is -0.337. The maximum atomic E-state index is 13.2. The van der Waals surface area contributed by atoms with Gasteiger partial charge in [0.25, 0.3) is 0 Å². The van der Waals surface area contributed by atoms with Crippen molar-refractivity contribution in [3.8, 4) is 0 Å². The Hall–Kier alpha value is -1.56. The lowest BCUT2D eigenvalue weighted by molar-refractivity contribution is -0.190. The molecule has 0 spiro atoms. The van der Waals surface area contributed by atoms with Crippen molar-refractivity contribution in [2.45, 2.75) is 57.7 Å². The maximum absolute atomic E-state index is 13.2. The molecule has 1 amide bonds. The van der Waals surface area contributed by atoms with E-state index in [0.717, 1.165) is 17.9 Å². The normalized spacial score (nSPS) is 17.3. The van der Waals surface area contributed by atoms with Crippen molar-refractivity contribution in [2.75, 3.05) is 6.54 Å². The smallest absolute Gasteiger partial charge is 0.288 e. The highest BCUT2D eigenvalue weighted by Gasteiger charge is 2.45. The van der Waals surface area contributed by atoms with Gasteiger partial charge in [0.05, 0.1) is 0 Å². The zero-order valence-electron chi connectivity index (χ0n) is 13.3. The molecule has 0 saturated carbocycles. The Morgan fingerprint density at radius 1 is 1.22 bits per heavy atom. The van der Waals surface area contributed by atoms with Crippen molar-refractivity contribution >= 4 is 5.91 Å². The number of benzene rings is 1. The van der Waals surface area contributed by atoms with E-state index in [4.69, 9.17) is 0 Å². The van der Waals surface area contributed by atoms with Crippen LogP contribution in [0, 0.1) is 0 Å². The molecule has 1 saturated heterocycles. The van der Waals surface area contributed by atoms with Gasteiger partial charge < -0.3 is 0 Å². The molecule has 128 valence electrons. The zero-order valence-corrected chi connectivity index (χ0v) is 13.3. The molecular formula is C17H23F3N2O. The summed E-state index contributed by atoms with van der Waals surface area (Å²) < 4.78 is 39.5. The number of nitrogens with one attached hydrogen (secondary N) is 1. The van der Waals surface area contributed by atoms with Gasteiger partial charge in [0.2, 0.25) is 5.91 Å². The third-order valence-corrected chi connectivity index (χ3v) is 4.28. The molecule has 0 radical (unpaired) electrons. The van der Waals surface area contributed by atoms with Crippen molar-refractivity contribution in [3.63, 3.8) is 0 Å². The second kappa shape index (κ2) is 7.81. The van der Waals surface area contributed by atoms with Crippen LogP contribution in [0.1, 0.15) is 43.7 Å². The Bertz CT molecular complexity index is 531. The predicted octanol–water partition coefficient (Wildman–Crippen LogP) is 3.63. The zero-order chi connectivity index (χ0) is 16.9. The molecule has 1 aliphatic rings. The van der Waals surface area contributed by atoms with Gasteiger partial charge in [-0.1, -0.05) is 37.6 Å². The Kier molecular flexibility index (Phi) is 6.04. The van der Waals surface area contributed by atoms with E-state index in [1.165, 1.54) is 11.1 Å². The van der Waals surface area contributed by atoms with Gasteiger partial charge in [0.15, 0.2) is 0 Å². The lowest BCUT2D eigenvalue weighted by Gasteiger charge is -2.28. The van der Waals surface area contributed by atoms with Gasteiger partial charge in [-0.25, -0.2) is 5.01 Å². The van der Waals surface area contributed by atoms with Gasteiger partial charge in [0.1, 0.15) is 6.04 Å². The van der Waals surface area contributed by atoms with Crippen LogP contribution in [0.3, 0.4) is 0 Å². The molecule has 1 fully saturated rings. The number of rotatable bonds is 7. The van der Waals surface area contributed by atoms with Crippen LogP contribution in [0.4, 0.5) is 13.2 Å². The van der Waals surface area contributed by atoms with E-state index in [0.29, 0.717) is 12.8 Å². The van der Waals surface area contributed by atoms with Crippen LogP contribution in [-0.4, -0.2) is 29.7 Å². The van der Waals surface area contributed by atoms with Gasteiger partial charge in [-0.05, 0) is 36.8 Å². The maximum Gasteiger partial charge on any atom is 0.405 e. The molecular weight excluding hydrogens is 305 g/mol. The number of nitrogens with zero attached hydrogens (tertiary/aromatic N) is 1. The summed E-state index contributed by atoms with van der Waals surface area (Å²) in [7, 11) is 0. The molecule has 2 rings (SSSR count). The molecule has 1 N–H and O–H groups in total. The Morgan fingerprint density at radius 3 is 2.48 bits per heavy atom. The number of halogens is 3. The molecule has 23 heavy (non-hydrogen) atoms. The molecule has 0 aromatic heterocycles. The molecule has 1 heterocycles. The third kappa shape index (κ3) is 4.96. The first-order valence-electron chi connectivity index (χ1n) is 8.11. The van der Waals surface area contributed by atoms with Crippen LogP contribution >= 0.6 is 0 Å². The fourth-order valence-electron chi connectivity index (χ4n) is 3.02. The average Bonchev–Trinajstić information content (AvgIpc) is 2.92. The number of hydrogen-bond donors (Lipinski definition) is 1. The van der Waals surface area contributed by atoms with Crippen LogP contribution in [0.15, 0.2) is 24.3 Å². The van der Waals surface area contributed by atoms with Crippen LogP contribution in [-0.2, 0) is 17.6 Å². The number of aryl methyl sites for hydroxylation is 2. The SMILES string of the molecule is CCc1ccccc1CCCCC(N1CCC(=O)N1)C(F)(F)F. The molecule has 0 bridgehead atoms. The fraction of sp³-hybridized carbons (Fsp3) is 0.588. The number of unbranched alkanes of at least 4 members (excludes halogenated alkanes) is 1. The van der Waals surface area contributed by atoms with E-state index in [2.05, 4.69) is 18.4 Å². The molecule has 1 aliphatic heterocycles. The van der Waals surface area contributed by atoms with Crippen molar-refractivity contribution in [1.82, 2.24) is 10.4 Å². The van der Waals surface area contributed by atoms with Crippen LogP contribution in [0.25, 0.3) is 0 Å². The standard InChI is InChI=1S/C17H23F3N2O/c1-2-13-7-3-4-8-14(13)9-5-6-10-15(17(18,19)20)22-12-11-16(23)21-22/h3-4,7-8,15H,2,5-6,9-12H2,1H3,(H,21,23). The number of carbonyl (C=O) groups is 1. The van der Waals surface area contributed by atoms with Crippen molar-refractivity contribution in [1.29, 1.82) is 0 Å². The van der Waals surface area contributed by atoms with E-state index in [1.54, 1.807) is 0 Å². The van der Waals surface area contributed by atoms with Gasteiger partial charge in [0, 0.05) is 13.0 Å². The minimum Gasteiger partial charge on any atom is -0.288 e. The summed E-state index contributed by atoms with van der Waals surface area (Å²) in [6, 6.07) is 6.47. The summed E-state index contributed by atoms with van der Waals surface area (Å²) in [4.78, 5) is 11.2. The molecule has 1 unspecified atom stereocenters. The Morgan fingerprint density at radius 2 is 1.91 bits per heavy atom. The summed E-state index contributed by atoms with van der Waals surface area (Å²) in [5, 5.41) is 1.04. The largest absolute Gasteiger partial charge is 0.405 e.